The van der Waals surface area contributed by atoms with Crippen LogP contribution in [0.25, 0.3) is 0 Å². The van der Waals surface area contributed by atoms with E-state index in [1.54, 1.807) is 0 Å². The van der Waals surface area contributed by atoms with Crippen LogP contribution < -0.4 is 16.0 Å². The lowest BCUT2D eigenvalue weighted by atomic mass is 10.0. The zero-order valence-corrected chi connectivity index (χ0v) is 14.1. The maximum Gasteiger partial charge on any atom is 0.325 e. The molecule has 2 unspecified atom stereocenters. The molecule has 2 amide bonds. The first-order valence-corrected chi connectivity index (χ1v) is 7.32. The maximum atomic E-state index is 12.1. The van der Waals surface area contributed by atoms with Crippen LogP contribution in [0.2, 0.25) is 0 Å². The van der Waals surface area contributed by atoms with Crippen molar-refractivity contribution in [3.8, 4) is 0 Å². The number of hydrogen-bond donors (Lipinski definition) is 3. The Bertz CT molecular complexity index is 384. The fourth-order valence-electron chi connectivity index (χ4n) is 2.24. The Morgan fingerprint density at radius 3 is 2.50 bits per heavy atom. The van der Waals surface area contributed by atoms with Crippen molar-refractivity contribution in [3.05, 3.63) is 0 Å². The quantitative estimate of drug-likeness (QED) is 0.568. The summed E-state index contributed by atoms with van der Waals surface area (Å²) in [4.78, 5) is 35.2. The van der Waals surface area contributed by atoms with E-state index in [4.69, 9.17) is 0 Å². The van der Waals surface area contributed by atoms with Crippen LogP contribution in [-0.2, 0) is 19.1 Å². The van der Waals surface area contributed by atoms with Gasteiger partial charge in [-0.15, -0.1) is 12.4 Å². The molecule has 0 aliphatic carbocycles. The Morgan fingerprint density at radius 1 is 1.32 bits per heavy atom. The van der Waals surface area contributed by atoms with Crippen molar-refractivity contribution in [2.45, 2.75) is 45.2 Å². The standard InChI is InChI=1S/C14H25N3O4.ClH/c1-9(2)7-11(13(19)16-8-12(18)21-3)17-14(20)10-5-4-6-15-10;/h9-11,15H,4-8H2,1-3H3,(H,16,19)(H,17,20);1H. The molecule has 1 fully saturated rings. The molecule has 0 radical (unpaired) electrons. The zero-order valence-electron chi connectivity index (χ0n) is 13.3. The number of nitrogens with one attached hydrogen (secondary N) is 3. The van der Waals surface area contributed by atoms with Gasteiger partial charge in [-0.25, -0.2) is 0 Å². The fourth-order valence-corrected chi connectivity index (χ4v) is 2.24. The van der Waals surface area contributed by atoms with Gasteiger partial charge in [0.05, 0.1) is 13.2 Å². The van der Waals surface area contributed by atoms with E-state index in [0.29, 0.717) is 6.42 Å². The second-order valence-electron chi connectivity index (χ2n) is 5.63. The number of methoxy groups -OCH3 is 1. The van der Waals surface area contributed by atoms with E-state index in [0.717, 1.165) is 19.4 Å². The molecule has 7 nitrogen and oxygen atoms in total. The van der Waals surface area contributed by atoms with Crippen molar-refractivity contribution in [1.82, 2.24) is 16.0 Å². The molecule has 1 saturated heterocycles. The Hall–Kier alpha value is -1.34. The number of esters is 1. The van der Waals surface area contributed by atoms with E-state index in [2.05, 4.69) is 20.7 Å². The lowest BCUT2D eigenvalue weighted by Crippen LogP contribution is -2.52. The van der Waals surface area contributed by atoms with E-state index in [1.165, 1.54) is 7.11 Å². The van der Waals surface area contributed by atoms with Crippen LogP contribution in [0.3, 0.4) is 0 Å². The molecular formula is C14H26ClN3O4. The van der Waals surface area contributed by atoms with Gasteiger partial charge < -0.3 is 20.7 Å². The normalized spacial score (nSPS) is 18.3. The smallest absolute Gasteiger partial charge is 0.325 e. The average molecular weight is 336 g/mol. The molecular weight excluding hydrogens is 310 g/mol. The molecule has 0 aromatic carbocycles. The van der Waals surface area contributed by atoms with E-state index in [1.807, 2.05) is 13.8 Å². The molecule has 8 heteroatoms. The minimum absolute atomic E-state index is 0. The first-order valence-electron chi connectivity index (χ1n) is 7.32. The van der Waals surface area contributed by atoms with Crippen molar-refractivity contribution >= 4 is 30.2 Å². The number of rotatable bonds is 7. The summed E-state index contributed by atoms with van der Waals surface area (Å²) in [6.45, 7) is 4.57. The number of carbonyl (C=O) groups excluding carboxylic acids is 3. The largest absolute Gasteiger partial charge is 0.468 e. The number of amides is 2. The molecule has 1 rings (SSSR count). The van der Waals surface area contributed by atoms with Crippen LogP contribution >= 0.6 is 12.4 Å². The molecule has 0 bridgehead atoms. The number of carbonyl (C=O) groups is 3. The molecule has 0 aromatic rings. The third-order valence-corrected chi connectivity index (χ3v) is 3.35. The summed E-state index contributed by atoms with van der Waals surface area (Å²) < 4.78 is 4.47. The summed E-state index contributed by atoms with van der Waals surface area (Å²) in [6.07, 6.45) is 2.26. The van der Waals surface area contributed by atoms with Gasteiger partial charge in [0.1, 0.15) is 12.6 Å². The zero-order chi connectivity index (χ0) is 15.8. The van der Waals surface area contributed by atoms with Crippen LogP contribution in [0.15, 0.2) is 0 Å². The minimum atomic E-state index is -0.635. The molecule has 0 spiro atoms. The highest BCUT2D eigenvalue weighted by Crippen LogP contribution is 2.08. The van der Waals surface area contributed by atoms with Gasteiger partial charge in [0.15, 0.2) is 0 Å². The van der Waals surface area contributed by atoms with E-state index in [9.17, 15) is 14.4 Å². The molecule has 3 N–H and O–H groups in total. The molecule has 1 aliphatic rings. The predicted molar refractivity (Wildman–Crippen MR) is 84.7 cm³/mol. The fraction of sp³-hybridized carbons (Fsp3) is 0.786. The topological polar surface area (TPSA) is 96.5 Å². The van der Waals surface area contributed by atoms with Crippen LogP contribution in [-0.4, -0.2) is 50.1 Å². The molecule has 2 atom stereocenters. The number of ether oxygens (including phenoxy) is 1. The van der Waals surface area contributed by atoms with Gasteiger partial charge in [-0.05, 0) is 31.7 Å². The Labute approximate surface area is 137 Å². The second-order valence-corrected chi connectivity index (χ2v) is 5.63. The van der Waals surface area contributed by atoms with Crippen LogP contribution in [0.4, 0.5) is 0 Å². The van der Waals surface area contributed by atoms with Gasteiger partial charge in [-0.1, -0.05) is 13.8 Å². The maximum absolute atomic E-state index is 12.1. The molecule has 22 heavy (non-hydrogen) atoms. The SMILES string of the molecule is COC(=O)CNC(=O)C(CC(C)C)NC(=O)C1CCCN1.Cl. The van der Waals surface area contributed by atoms with Gasteiger partial charge in [-0.3, -0.25) is 14.4 Å². The van der Waals surface area contributed by atoms with Crippen LogP contribution in [0.5, 0.6) is 0 Å². The van der Waals surface area contributed by atoms with Crippen molar-refractivity contribution in [2.75, 3.05) is 20.2 Å². The van der Waals surface area contributed by atoms with Gasteiger partial charge >= 0.3 is 5.97 Å². The van der Waals surface area contributed by atoms with Crippen molar-refractivity contribution in [1.29, 1.82) is 0 Å². The molecule has 0 aromatic heterocycles. The van der Waals surface area contributed by atoms with Gasteiger partial charge in [-0.2, -0.15) is 0 Å². The molecule has 128 valence electrons. The minimum Gasteiger partial charge on any atom is -0.468 e. The van der Waals surface area contributed by atoms with Gasteiger partial charge in [0, 0.05) is 0 Å². The monoisotopic (exact) mass is 335 g/mol. The van der Waals surface area contributed by atoms with E-state index < -0.39 is 12.0 Å². The number of hydrogen-bond acceptors (Lipinski definition) is 5. The summed E-state index contributed by atoms with van der Waals surface area (Å²) in [5.74, 6) is -0.794. The summed E-state index contributed by atoms with van der Waals surface area (Å²) in [6, 6.07) is -0.863. The highest BCUT2D eigenvalue weighted by atomic mass is 35.5. The van der Waals surface area contributed by atoms with E-state index >= 15 is 0 Å². The molecule has 1 aliphatic heterocycles. The highest BCUT2D eigenvalue weighted by Gasteiger charge is 2.27. The molecule has 1 heterocycles. The highest BCUT2D eigenvalue weighted by molar-refractivity contribution is 5.91. The first-order chi connectivity index (χ1) is 9.93. The van der Waals surface area contributed by atoms with E-state index in [-0.39, 0.29) is 42.7 Å². The summed E-state index contributed by atoms with van der Waals surface area (Å²) >= 11 is 0. The Balaban J connectivity index is 0.00000441. The van der Waals surface area contributed by atoms with Crippen molar-refractivity contribution < 1.29 is 19.1 Å². The third kappa shape index (κ3) is 7.09. The summed E-state index contributed by atoms with van der Waals surface area (Å²) in [5, 5.41) is 8.35. The number of halogens is 1. The van der Waals surface area contributed by atoms with Crippen molar-refractivity contribution in [3.63, 3.8) is 0 Å². The van der Waals surface area contributed by atoms with Crippen LogP contribution in [0, 0.1) is 5.92 Å². The Morgan fingerprint density at radius 2 is 2.00 bits per heavy atom. The lowest BCUT2D eigenvalue weighted by Gasteiger charge is -2.21. The lowest BCUT2D eigenvalue weighted by molar-refractivity contribution is -0.141. The van der Waals surface area contributed by atoms with Crippen LogP contribution in [0.1, 0.15) is 33.1 Å². The third-order valence-electron chi connectivity index (χ3n) is 3.35. The Kier molecular flexibility index (Phi) is 9.76. The van der Waals surface area contributed by atoms with Gasteiger partial charge in [0.2, 0.25) is 11.8 Å². The average Bonchev–Trinajstić information content (AvgIpc) is 2.97. The predicted octanol–water partition coefficient (Wildman–Crippen LogP) is -0.0197. The first kappa shape index (κ1) is 20.7. The molecule has 0 saturated carbocycles. The summed E-state index contributed by atoms with van der Waals surface area (Å²) in [5.41, 5.74) is 0. The van der Waals surface area contributed by atoms with Crippen molar-refractivity contribution in [2.24, 2.45) is 5.92 Å². The summed E-state index contributed by atoms with van der Waals surface area (Å²) in [7, 11) is 1.26. The van der Waals surface area contributed by atoms with Gasteiger partial charge in [0.25, 0.3) is 0 Å². The second kappa shape index (κ2) is 10.4.